The van der Waals surface area contributed by atoms with Gasteiger partial charge in [-0.15, -0.1) is 0 Å². The molecule has 2 aromatic rings. The Balaban J connectivity index is 0.000000217. The van der Waals surface area contributed by atoms with Crippen molar-refractivity contribution in [1.29, 1.82) is 0 Å². The first-order valence-corrected chi connectivity index (χ1v) is 7.25. The molecule has 0 amide bonds. The van der Waals surface area contributed by atoms with E-state index in [1.807, 2.05) is 18.2 Å². The molecule has 0 aliphatic carbocycles. The summed E-state index contributed by atoms with van der Waals surface area (Å²) in [6, 6.07) is 18.8. The smallest absolute Gasteiger partial charge is 0.0126 e. The van der Waals surface area contributed by atoms with E-state index >= 15 is 0 Å². The van der Waals surface area contributed by atoms with Gasteiger partial charge in [-0.3, -0.25) is 0 Å². The van der Waals surface area contributed by atoms with Gasteiger partial charge in [-0.25, -0.2) is 0 Å². The summed E-state index contributed by atoms with van der Waals surface area (Å²) in [6.07, 6.45) is 3.06. The van der Waals surface area contributed by atoms with Crippen molar-refractivity contribution >= 4 is 6.08 Å². The molecule has 0 atom stereocenters. The molecule has 0 N–H and O–H groups in total. The Kier molecular flexibility index (Phi) is 6.24. The lowest BCUT2D eigenvalue weighted by atomic mass is 9.84. The highest BCUT2D eigenvalue weighted by Crippen LogP contribution is 2.25. The highest BCUT2D eigenvalue weighted by atomic mass is 14.2. The minimum absolute atomic E-state index is 0.213. The molecule has 0 fully saturated rings. The lowest BCUT2D eigenvalue weighted by Gasteiger charge is -2.21. The molecule has 2 rings (SSSR count). The summed E-state index contributed by atoms with van der Waals surface area (Å²) in [5.74, 6) is 0. The van der Waals surface area contributed by atoms with Crippen LogP contribution in [0.3, 0.4) is 0 Å². The van der Waals surface area contributed by atoms with E-state index in [2.05, 4.69) is 76.7 Å². The van der Waals surface area contributed by atoms with Crippen molar-refractivity contribution < 1.29 is 0 Å². The molecular formula is C20H26. The number of hydrogen-bond acceptors (Lipinski definition) is 0. The second-order valence-electron chi connectivity index (χ2n) is 5.88. The van der Waals surface area contributed by atoms with Crippen molar-refractivity contribution in [2.45, 2.75) is 39.5 Å². The van der Waals surface area contributed by atoms with Crippen LogP contribution in [0.5, 0.6) is 0 Å². The zero-order chi connectivity index (χ0) is 15.0. The fraction of sp³-hybridized carbons (Fsp3) is 0.300. The van der Waals surface area contributed by atoms with Crippen LogP contribution in [0.15, 0.2) is 61.2 Å². The van der Waals surface area contributed by atoms with Crippen molar-refractivity contribution in [3.8, 4) is 0 Å². The quantitative estimate of drug-likeness (QED) is 0.637. The Bertz CT molecular complexity index is 515. The van der Waals surface area contributed by atoms with Gasteiger partial charge in [0.05, 0.1) is 0 Å². The molecule has 0 unspecified atom stereocenters. The first-order valence-electron chi connectivity index (χ1n) is 7.25. The lowest BCUT2D eigenvalue weighted by Crippen LogP contribution is -2.12. The van der Waals surface area contributed by atoms with Gasteiger partial charge in [0, 0.05) is 0 Å². The molecule has 0 spiro atoms. The molecule has 0 aliphatic heterocycles. The predicted octanol–water partition coefficient (Wildman–Crippen LogP) is 5.88. The number of aryl methyl sites for hydroxylation is 1. The molecule has 0 aromatic heterocycles. The molecule has 0 saturated carbocycles. The van der Waals surface area contributed by atoms with Gasteiger partial charge in [-0.1, -0.05) is 94.9 Å². The molecule has 0 heterocycles. The van der Waals surface area contributed by atoms with E-state index in [-0.39, 0.29) is 5.41 Å². The SMILES string of the molecule is C=Cc1ccccc1C(C)(C)C.CCc1ccccc1. The summed E-state index contributed by atoms with van der Waals surface area (Å²) >= 11 is 0. The van der Waals surface area contributed by atoms with Crippen LogP contribution < -0.4 is 0 Å². The van der Waals surface area contributed by atoms with Gasteiger partial charge in [-0.05, 0) is 28.5 Å². The zero-order valence-corrected chi connectivity index (χ0v) is 13.2. The maximum absolute atomic E-state index is 3.81. The maximum Gasteiger partial charge on any atom is -0.0126 e. The average Bonchev–Trinajstić information content (AvgIpc) is 2.48. The predicted molar refractivity (Wildman–Crippen MR) is 91.1 cm³/mol. The summed E-state index contributed by atoms with van der Waals surface area (Å²) in [5, 5.41) is 0. The topological polar surface area (TPSA) is 0 Å². The van der Waals surface area contributed by atoms with Gasteiger partial charge in [0.25, 0.3) is 0 Å². The van der Waals surface area contributed by atoms with Crippen LogP contribution in [0, 0.1) is 0 Å². The second kappa shape index (κ2) is 7.69. The van der Waals surface area contributed by atoms with Gasteiger partial charge in [0.15, 0.2) is 0 Å². The monoisotopic (exact) mass is 266 g/mol. The Morgan fingerprint density at radius 1 is 0.900 bits per heavy atom. The molecule has 0 saturated heterocycles. The minimum atomic E-state index is 0.213. The van der Waals surface area contributed by atoms with Gasteiger partial charge in [-0.2, -0.15) is 0 Å². The molecule has 0 nitrogen and oxygen atoms in total. The van der Waals surface area contributed by atoms with Crippen molar-refractivity contribution in [1.82, 2.24) is 0 Å². The Morgan fingerprint density at radius 2 is 1.45 bits per heavy atom. The highest BCUT2D eigenvalue weighted by molar-refractivity contribution is 5.53. The third-order valence-electron chi connectivity index (χ3n) is 3.24. The summed E-state index contributed by atoms with van der Waals surface area (Å²) in [5.41, 5.74) is 4.22. The molecule has 0 aliphatic rings. The van der Waals surface area contributed by atoms with Crippen molar-refractivity contribution in [2.75, 3.05) is 0 Å². The highest BCUT2D eigenvalue weighted by Gasteiger charge is 2.15. The fourth-order valence-electron chi connectivity index (χ4n) is 2.07. The average molecular weight is 266 g/mol. The van der Waals surface area contributed by atoms with Crippen LogP contribution >= 0.6 is 0 Å². The fourth-order valence-corrected chi connectivity index (χ4v) is 2.07. The summed E-state index contributed by atoms with van der Waals surface area (Å²) in [7, 11) is 0. The van der Waals surface area contributed by atoms with E-state index in [4.69, 9.17) is 0 Å². The van der Waals surface area contributed by atoms with E-state index in [9.17, 15) is 0 Å². The van der Waals surface area contributed by atoms with Crippen LogP contribution in [0.1, 0.15) is 44.4 Å². The van der Waals surface area contributed by atoms with Crippen molar-refractivity contribution in [3.05, 3.63) is 77.9 Å². The Morgan fingerprint density at radius 3 is 1.85 bits per heavy atom. The van der Waals surface area contributed by atoms with Gasteiger partial charge in [0.2, 0.25) is 0 Å². The van der Waals surface area contributed by atoms with E-state index in [1.165, 1.54) is 16.7 Å². The van der Waals surface area contributed by atoms with Crippen LogP contribution in [0.4, 0.5) is 0 Å². The molecule has 0 bridgehead atoms. The van der Waals surface area contributed by atoms with E-state index in [0.717, 1.165) is 6.42 Å². The van der Waals surface area contributed by atoms with Gasteiger partial charge >= 0.3 is 0 Å². The summed E-state index contributed by atoms with van der Waals surface area (Å²) in [6.45, 7) is 12.6. The third-order valence-corrected chi connectivity index (χ3v) is 3.24. The maximum atomic E-state index is 3.81. The van der Waals surface area contributed by atoms with Crippen LogP contribution in [-0.2, 0) is 11.8 Å². The van der Waals surface area contributed by atoms with Crippen molar-refractivity contribution in [2.24, 2.45) is 0 Å². The molecule has 0 radical (unpaired) electrons. The molecule has 0 heteroatoms. The minimum Gasteiger partial charge on any atom is -0.0985 e. The zero-order valence-electron chi connectivity index (χ0n) is 13.2. The molecule has 20 heavy (non-hydrogen) atoms. The number of rotatable bonds is 2. The van der Waals surface area contributed by atoms with Gasteiger partial charge in [0.1, 0.15) is 0 Å². The largest absolute Gasteiger partial charge is 0.0985 e. The lowest BCUT2D eigenvalue weighted by molar-refractivity contribution is 0.589. The molecule has 106 valence electrons. The first-order chi connectivity index (χ1) is 9.49. The standard InChI is InChI=1S/C12H16.C8H10/c1-5-10-8-6-7-9-11(10)12(2,3)4;1-2-8-6-4-3-5-7-8/h5-9H,1H2,2-4H3;3-7H,2H2,1H3. The number of benzene rings is 2. The van der Waals surface area contributed by atoms with E-state index in [1.54, 1.807) is 0 Å². The summed E-state index contributed by atoms with van der Waals surface area (Å²) in [4.78, 5) is 0. The van der Waals surface area contributed by atoms with Crippen LogP contribution in [0.2, 0.25) is 0 Å². The Labute approximate surface area is 124 Å². The van der Waals surface area contributed by atoms with Crippen LogP contribution in [0.25, 0.3) is 6.08 Å². The normalized spacial score (nSPS) is 10.4. The number of hydrogen-bond donors (Lipinski definition) is 0. The van der Waals surface area contributed by atoms with E-state index < -0.39 is 0 Å². The molecule has 2 aromatic carbocycles. The van der Waals surface area contributed by atoms with Crippen molar-refractivity contribution in [3.63, 3.8) is 0 Å². The Hall–Kier alpha value is -1.82. The molecular weight excluding hydrogens is 240 g/mol. The first kappa shape index (κ1) is 16.2. The van der Waals surface area contributed by atoms with Gasteiger partial charge < -0.3 is 0 Å². The van der Waals surface area contributed by atoms with Crippen LogP contribution in [-0.4, -0.2) is 0 Å². The van der Waals surface area contributed by atoms with E-state index in [0.29, 0.717) is 0 Å². The third kappa shape index (κ3) is 5.05. The summed E-state index contributed by atoms with van der Waals surface area (Å²) < 4.78 is 0. The second-order valence-corrected chi connectivity index (χ2v) is 5.88.